The zero-order chi connectivity index (χ0) is 20.0. The first kappa shape index (κ1) is 24.6. The summed E-state index contributed by atoms with van der Waals surface area (Å²) in [6.07, 6.45) is 0.460. The van der Waals surface area contributed by atoms with E-state index in [0.29, 0.717) is 44.1 Å². The van der Waals surface area contributed by atoms with Crippen LogP contribution in [0.1, 0.15) is 29.3 Å². The van der Waals surface area contributed by atoms with Gasteiger partial charge in [-0.05, 0) is 36.8 Å². The van der Waals surface area contributed by atoms with E-state index >= 15 is 0 Å². The second kappa shape index (κ2) is 14.6. The number of quaternary nitrogens is 1. The summed E-state index contributed by atoms with van der Waals surface area (Å²) in [6, 6.07) is 16.9. The lowest BCUT2D eigenvalue weighted by atomic mass is 10.1. The maximum Gasteiger partial charge on any atom is 0.344 e. The van der Waals surface area contributed by atoms with E-state index in [1.54, 1.807) is 31.2 Å². The van der Waals surface area contributed by atoms with Gasteiger partial charge in [-0.25, -0.2) is 4.79 Å². The summed E-state index contributed by atoms with van der Waals surface area (Å²) >= 11 is 0. The molecule has 0 saturated heterocycles. The molecular weight excluding hydrogens is 394 g/mol. The van der Waals surface area contributed by atoms with E-state index in [4.69, 9.17) is 14.2 Å². The first-order chi connectivity index (χ1) is 13.7. The Hall–Kier alpha value is -2.41. The monoisotopic (exact) mass is 421 g/mol. The van der Waals surface area contributed by atoms with Gasteiger partial charge in [-0.15, -0.1) is 0 Å². The zero-order valence-corrected chi connectivity index (χ0v) is 17.4. The first-order valence-corrected chi connectivity index (χ1v) is 9.54. The third-order valence-corrected chi connectivity index (χ3v) is 3.99. The van der Waals surface area contributed by atoms with Gasteiger partial charge in [-0.1, -0.05) is 30.3 Å². The van der Waals surface area contributed by atoms with Crippen molar-refractivity contribution in [1.29, 1.82) is 0 Å². The molecule has 0 radical (unpaired) electrons. The lowest BCUT2D eigenvalue weighted by molar-refractivity contribution is -0.655. The summed E-state index contributed by atoms with van der Waals surface area (Å²) in [5, 5.41) is 2.08. The van der Waals surface area contributed by atoms with Crippen LogP contribution >= 0.6 is 0 Å². The summed E-state index contributed by atoms with van der Waals surface area (Å²) in [5.41, 5.74) is 1.80. The van der Waals surface area contributed by atoms with Crippen LogP contribution in [0.4, 0.5) is 0 Å². The third kappa shape index (κ3) is 10.1. The van der Waals surface area contributed by atoms with Gasteiger partial charge >= 0.3 is 5.97 Å². The maximum absolute atomic E-state index is 12.2. The number of benzene rings is 2. The third-order valence-electron chi connectivity index (χ3n) is 3.99. The zero-order valence-electron chi connectivity index (χ0n) is 16.6. The van der Waals surface area contributed by atoms with Gasteiger partial charge in [0, 0.05) is 5.56 Å². The molecule has 0 spiro atoms. The van der Waals surface area contributed by atoms with Gasteiger partial charge in [0.2, 0.25) is 0 Å². The van der Waals surface area contributed by atoms with E-state index in [1.165, 1.54) is 0 Å². The van der Waals surface area contributed by atoms with Crippen LogP contribution in [0.2, 0.25) is 0 Å². The van der Waals surface area contributed by atoms with Crippen molar-refractivity contribution in [3.8, 4) is 5.75 Å². The fraction of sp³-hybridized carbons (Fsp3) is 0.364. The smallest absolute Gasteiger partial charge is 0.344 e. The van der Waals surface area contributed by atoms with E-state index in [0.717, 1.165) is 12.1 Å². The number of ketones is 1. The number of esters is 1. The van der Waals surface area contributed by atoms with E-state index in [2.05, 4.69) is 5.32 Å². The largest absolute Gasteiger partial charge is 1.00 e. The molecule has 0 bridgehead atoms. The molecule has 2 rings (SSSR count). The summed E-state index contributed by atoms with van der Waals surface area (Å²) in [7, 11) is 0. The van der Waals surface area contributed by atoms with Crippen molar-refractivity contribution in [2.45, 2.75) is 20.0 Å². The number of ether oxygens (including phenoxy) is 3. The number of carbonyl (C=O) groups is 2. The number of Topliss-reactive ketones (excluding diaryl/α,β-unsaturated/α-hetero) is 1. The molecule has 7 heteroatoms. The minimum absolute atomic E-state index is 0. The number of nitrogens with two attached hydrogens (primary N) is 1. The Balaban J connectivity index is 0.00000420. The molecule has 0 aliphatic carbocycles. The highest BCUT2D eigenvalue weighted by atomic mass is 35.5. The molecule has 2 aromatic rings. The van der Waals surface area contributed by atoms with E-state index in [1.807, 2.05) is 30.3 Å². The average Bonchev–Trinajstić information content (AvgIpc) is 2.73. The molecule has 0 saturated carbocycles. The van der Waals surface area contributed by atoms with Gasteiger partial charge < -0.3 is 31.9 Å². The molecule has 0 atom stereocenters. The van der Waals surface area contributed by atoms with Crippen molar-refractivity contribution in [3.05, 3.63) is 65.7 Å². The Morgan fingerprint density at radius 1 is 0.966 bits per heavy atom. The van der Waals surface area contributed by atoms with Crippen LogP contribution in [0, 0.1) is 0 Å². The predicted octanol–water partition coefficient (Wildman–Crippen LogP) is -1.01. The van der Waals surface area contributed by atoms with E-state index < -0.39 is 5.97 Å². The van der Waals surface area contributed by atoms with Gasteiger partial charge in [0.05, 0.1) is 39.3 Å². The molecule has 0 unspecified atom stereocenters. The highest BCUT2D eigenvalue weighted by molar-refractivity contribution is 5.96. The van der Waals surface area contributed by atoms with Crippen LogP contribution in [0.25, 0.3) is 0 Å². The minimum Gasteiger partial charge on any atom is -1.00 e. The summed E-state index contributed by atoms with van der Waals surface area (Å²) in [4.78, 5) is 23.5. The Labute approximate surface area is 178 Å². The van der Waals surface area contributed by atoms with Gasteiger partial charge in [0.25, 0.3) is 0 Å². The number of rotatable bonds is 13. The molecule has 2 N–H and O–H groups in total. The van der Waals surface area contributed by atoms with Crippen molar-refractivity contribution in [2.75, 3.05) is 32.9 Å². The minimum atomic E-state index is -0.411. The molecule has 0 fully saturated rings. The number of hydrogen-bond donors (Lipinski definition) is 1. The summed E-state index contributed by atoms with van der Waals surface area (Å²) in [5.74, 6) is 0.205. The number of hydrogen-bond acceptors (Lipinski definition) is 5. The number of carbonyl (C=O) groups excluding carboxylic acids is 2. The predicted molar refractivity (Wildman–Crippen MR) is 105 cm³/mol. The lowest BCUT2D eigenvalue weighted by Crippen LogP contribution is -3.00. The molecule has 0 aliphatic heterocycles. The molecule has 0 amide bonds. The van der Waals surface area contributed by atoms with Crippen LogP contribution in [0.3, 0.4) is 0 Å². The molecule has 0 aromatic heterocycles. The molecule has 29 heavy (non-hydrogen) atoms. The van der Waals surface area contributed by atoms with Gasteiger partial charge in [0.15, 0.2) is 12.4 Å². The number of halogens is 1. The molecular formula is C22H28ClNO5. The molecule has 2 aromatic carbocycles. The van der Waals surface area contributed by atoms with E-state index in [9.17, 15) is 9.59 Å². The topological polar surface area (TPSA) is 78.4 Å². The quantitative estimate of drug-likeness (QED) is 0.254. The first-order valence-electron chi connectivity index (χ1n) is 9.54. The normalized spacial score (nSPS) is 10.1. The fourth-order valence-corrected chi connectivity index (χ4v) is 2.53. The molecule has 0 aliphatic rings. The Bertz CT molecular complexity index is 722. The van der Waals surface area contributed by atoms with E-state index in [-0.39, 0.29) is 24.8 Å². The van der Waals surface area contributed by atoms with Crippen LogP contribution in [-0.4, -0.2) is 44.7 Å². The SMILES string of the molecule is CCOC(=O)COc1ccc(C(=O)CC[NH2+]CCOCc2ccccc2)cc1.[Cl-]. The van der Waals surface area contributed by atoms with Gasteiger partial charge in [-0.3, -0.25) is 4.79 Å². The highest BCUT2D eigenvalue weighted by Gasteiger charge is 2.08. The second-order valence-corrected chi connectivity index (χ2v) is 6.20. The van der Waals surface area contributed by atoms with Gasteiger partial charge in [0.1, 0.15) is 5.75 Å². The van der Waals surface area contributed by atoms with Crippen molar-refractivity contribution in [3.63, 3.8) is 0 Å². The maximum atomic E-state index is 12.2. The fourth-order valence-electron chi connectivity index (χ4n) is 2.53. The average molecular weight is 422 g/mol. The van der Waals surface area contributed by atoms with Crippen LogP contribution in [0.15, 0.2) is 54.6 Å². The van der Waals surface area contributed by atoms with Crippen LogP contribution < -0.4 is 22.5 Å². The molecule has 0 heterocycles. The van der Waals surface area contributed by atoms with Crippen molar-refractivity contribution >= 4 is 11.8 Å². The van der Waals surface area contributed by atoms with Crippen molar-refractivity contribution < 1.29 is 41.5 Å². The highest BCUT2D eigenvalue weighted by Crippen LogP contribution is 2.13. The van der Waals surface area contributed by atoms with Gasteiger partial charge in [-0.2, -0.15) is 0 Å². The molecule has 6 nitrogen and oxygen atoms in total. The van der Waals surface area contributed by atoms with Crippen molar-refractivity contribution in [1.82, 2.24) is 0 Å². The Morgan fingerprint density at radius 3 is 2.38 bits per heavy atom. The summed E-state index contributed by atoms with van der Waals surface area (Å²) in [6.45, 7) is 4.73. The van der Waals surface area contributed by atoms with Crippen molar-refractivity contribution in [2.24, 2.45) is 0 Å². The Kier molecular flexibility index (Phi) is 12.4. The van der Waals surface area contributed by atoms with Crippen LogP contribution in [0.5, 0.6) is 5.75 Å². The summed E-state index contributed by atoms with van der Waals surface area (Å²) < 4.78 is 15.7. The lowest BCUT2D eigenvalue weighted by Gasteiger charge is -2.07. The van der Waals surface area contributed by atoms with Crippen LogP contribution in [-0.2, 0) is 20.9 Å². The second-order valence-electron chi connectivity index (χ2n) is 6.20. The standard InChI is InChI=1S/C22H27NO5.ClH/c1-2-27-22(25)17-28-20-10-8-19(9-11-20)21(24)12-13-23-14-15-26-16-18-6-4-3-5-7-18;/h3-11,23H,2,12-17H2,1H3;1H. The molecule has 158 valence electrons. The Morgan fingerprint density at radius 2 is 1.69 bits per heavy atom.